The van der Waals surface area contributed by atoms with Crippen molar-refractivity contribution in [2.75, 3.05) is 17.8 Å². The van der Waals surface area contributed by atoms with Crippen LogP contribution in [0.4, 0.5) is 15.3 Å². The van der Waals surface area contributed by atoms with E-state index in [-0.39, 0.29) is 12.3 Å². The van der Waals surface area contributed by atoms with Crippen molar-refractivity contribution in [3.8, 4) is 0 Å². The van der Waals surface area contributed by atoms with Gasteiger partial charge in [0.2, 0.25) is 0 Å². The van der Waals surface area contributed by atoms with Crippen LogP contribution >= 0.6 is 11.8 Å². The number of esters is 1. The number of aromatic nitrogens is 3. The molecule has 1 aliphatic carbocycles. The van der Waals surface area contributed by atoms with Gasteiger partial charge >= 0.3 is 18.2 Å². The molecule has 1 aliphatic rings. The molecule has 1 saturated carbocycles. The Morgan fingerprint density at radius 1 is 1.07 bits per heavy atom. The monoisotopic (exact) mass is 597 g/mol. The highest BCUT2D eigenvalue weighted by Crippen LogP contribution is 2.41. The Morgan fingerprint density at radius 3 is 2.33 bits per heavy atom. The van der Waals surface area contributed by atoms with E-state index in [1.165, 1.54) is 18.9 Å². The van der Waals surface area contributed by atoms with Crippen LogP contribution in [0.25, 0.3) is 5.65 Å². The van der Waals surface area contributed by atoms with Crippen LogP contribution in [-0.4, -0.2) is 62.9 Å². The van der Waals surface area contributed by atoms with E-state index in [9.17, 15) is 14.4 Å². The van der Waals surface area contributed by atoms with Crippen LogP contribution in [0.1, 0.15) is 71.6 Å². The zero-order chi connectivity index (χ0) is 30.7. The molecule has 2 amide bonds. The summed E-state index contributed by atoms with van der Waals surface area (Å²) in [6.45, 7) is 10.9. The summed E-state index contributed by atoms with van der Waals surface area (Å²) in [6.07, 6.45) is 2.62. The van der Waals surface area contributed by atoms with Crippen molar-refractivity contribution in [3.05, 3.63) is 53.9 Å². The lowest BCUT2D eigenvalue weighted by Crippen LogP contribution is -2.45. The standard InChI is InChI=1S/C30H39N5O6S/c1-29(2,3)40-27(37)32-21(26(36)39-7)18-42-24-15-22(25-31-16-23(20-13-14-20)35(25)33-24)34(28(38)41-30(4,5)6)17-19-11-9-8-10-12-19/h8-12,15-16,20-21H,13-14,17-18H2,1-7H3,(H,32,37). The summed E-state index contributed by atoms with van der Waals surface area (Å²) in [6, 6.07) is 10.4. The van der Waals surface area contributed by atoms with Crippen molar-refractivity contribution in [2.45, 2.75) is 89.1 Å². The first kappa shape index (κ1) is 31.1. The summed E-state index contributed by atoms with van der Waals surface area (Å²) in [5.74, 6) is -0.167. The Hall–Kier alpha value is -3.80. The molecule has 1 unspecified atom stereocenters. The molecule has 226 valence electrons. The van der Waals surface area contributed by atoms with Crippen LogP contribution in [0.2, 0.25) is 0 Å². The number of methoxy groups -OCH3 is 1. The van der Waals surface area contributed by atoms with Crippen molar-refractivity contribution >= 4 is 41.3 Å². The third-order valence-electron chi connectivity index (χ3n) is 6.11. The Bertz CT molecular complexity index is 1430. The van der Waals surface area contributed by atoms with Gasteiger partial charge in [-0.2, -0.15) is 5.10 Å². The Morgan fingerprint density at radius 2 is 1.74 bits per heavy atom. The number of carbonyl (C=O) groups excluding carboxylic acids is 3. The lowest BCUT2D eigenvalue weighted by Gasteiger charge is -2.28. The van der Waals surface area contributed by atoms with Gasteiger partial charge in [0, 0.05) is 11.7 Å². The topological polar surface area (TPSA) is 124 Å². The number of nitrogens with one attached hydrogen (secondary N) is 1. The quantitative estimate of drug-likeness (QED) is 0.188. The average Bonchev–Trinajstić information content (AvgIpc) is 3.65. The van der Waals surface area contributed by atoms with E-state index in [0.717, 1.165) is 24.1 Å². The number of hydrogen-bond donors (Lipinski definition) is 1. The number of rotatable bonds is 9. The number of benzene rings is 1. The average molecular weight is 598 g/mol. The first-order chi connectivity index (χ1) is 19.7. The minimum atomic E-state index is -0.993. The van der Waals surface area contributed by atoms with Crippen molar-refractivity contribution in [3.63, 3.8) is 0 Å². The molecule has 1 N–H and O–H groups in total. The maximum atomic E-state index is 13.6. The highest BCUT2D eigenvalue weighted by atomic mass is 32.2. The molecular formula is C30H39N5O6S. The van der Waals surface area contributed by atoms with Crippen LogP contribution < -0.4 is 10.2 Å². The number of fused-ring (bicyclic) bond motifs is 1. The third kappa shape index (κ3) is 8.37. The van der Waals surface area contributed by atoms with Gasteiger partial charge in [0.05, 0.1) is 31.2 Å². The number of hydrogen-bond acceptors (Lipinski definition) is 9. The predicted molar refractivity (Wildman–Crippen MR) is 160 cm³/mol. The van der Waals surface area contributed by atoms with Gasteiger partial charge in [0.25, 0.3) is 0 Å². The summed E-state index contributed by atoms with van der Waals surface area (Å²) >= 11 is 1.24. The maximum absolute atomic E-state index is 13.6. The van der Waals surface area contributed by atoms with Gasteiger partial charge in [-0.05, 0) is 66.0 Å². The number of ether oxygens (including phenoxy) is 3. The van der Waals surface area contributed by atoms with E-state index in [1.807, 2.05) is 51.1 Å². The zero-order valence-corrected chi connectivity index (χ0v) is 26.0. The number of imidazole rings is 1. The minimum absolute atomic E-state index is 0.114. The molecular weight excluding hydrogens is 558 g/mol. The summed E-state index contributed by atoms with van der Waals surface area (Å²) in [4.78, 5) is 44.8. The Kier molecular flexibility index (Phi) is 9.34. The fourth-order valence-corrected chi connectivity index (χ4v) is 5.03. The van der Waals surface area contributed by atoms with Crippen molar-refractivity contribution in [1.29, 1.82) is 0 Å². The molecule has 3 aromatic rings. The van der Waals surface area contributed by atoms with Gasteiger partial charge < -0.3 is 19.5 Å². The number of alkyl carbamates (subject to hydrolysis) is 1. The molecule has 42 heavy (non-hydrogen) atoms. The van der Waals surface area contributed by atoms with Gasteiger partial charge in [0.1, 0.15) is 22.3 Å². The van der Waals surface area contributed by atoms with Crippen molar-refractivity contribution < 1.29 is 28.6 Å². The van der Waals surface area contributed by atoms with E-state index < -0.39 is 35.4 Å². The SMILES string of the molecule is COC(=O)C(CSc1cc(N(Cc2ccccc2)C(=O)OC(C)(C)C)c2ncc(C3CC3)n2n1)NC(=O)OC(C)(C)C. The number of carbonyl (C=O) groups is 3. The molecule has 0 radical (unpaired) electrons. The van der Waals surface area contributed by atoms with Crippen molar-refractivity contribution in [2.24, 2.45) is 0 Å². The van der Waals surface area contributed by atoms with Gasteiger partial charge in [-0.15, -0.1) is 11.8 Å². The zero-order valence-electron chi connectivity index (χ0n) is 25.2. The maximum Gasteiger partial charge on any atom is 0.415 e. The molecule has 1 atom stereocenters. The largest absolute Gasteiger partial charge is 0.467 e. The molecule has 2 heterocycles. The second-order valence-electron chi connectivity index (χ2n) is 12.1. The normalized spacial score (nSPS) is 14.3. The van der Waals surface area contributed by atoms with Gasteiger partial charge in [-0.3, -0.25) is 4.90 Å². The van der Waals surface area contributed by atoms with Crippen molar-refractivity contribution in [1.82, 2.24) is 19.9 Å². The minimum Gasteiger partial charge on any atom is -0.467 e. The third-order valence-corrected chi connectivity index (χ3v) is 7.11. The number of nitrogens with zero attached hydrogens (tertiary/aromatic N) is 4. The molecule has 12 heteroatoms. The number of amides is 2. The second kappa shape index (κ2) is 12.6. The highest BCUT2D eigenvalue weighted by Gasteiger charge is 2.32. The number of thioether (sulfide) groups is 1. The fourth-order valence-electron chi connectivity index (χ4n) is 4.13. The second-order valence-corrected chi connectivity index (χ2v) is 13.2. The summed E-state index contributed by atoms with van der Waals surface area (Å²) in [5.41, 5.74) is 1.46. The van der Waals surface area contributed by atoms with Crippen LogP contribution in [0.15, 0.2) is 47.6 Å². The van der Waals surface area contributed by atoms with Crippen LogP contribution in [0.3, 0.4) is 0 Å². The van der Waals surface area contributed by atoms with Crippen LogP contribution in [0, 0.1) is 0 Å². The van der Waals surface area contributed by atoms with Gasteiger partial charge in [-0.1, -0.05) is 30.3 Å². The predicted octanol–water partition coefficient (Wildman–Crippen LogP) is 5.71. The molecule has 1 fully saturated rings. The smallest absolute Gasteiger partial charge is 0.415 e. The molecule has 4 rings (SSSR count). The first-order valence-corrected chi connectivity index (χ1v) is 14.9. The summed E-state index contributed by atoms with van der Waals surface area (Å²) in [5, 5.41) is 7.94. The molecule has 0 bridgehead atoms. The van der Waals surface area contributed by atoms with E-state index in [4.69, 9.17) is 19.3 Å². The number of anilines is 1. The molecule has 0 saturated heterocycles. The van der Waals surface area contributed by atoms with Crippen LogP contribution in [-0.2, 0) is 25.5 Å². The van der Waals surface area contributed by atoms with Gasteiger partial charge in [-0.25, -0.2) is 23.9 Å². The Labute approximate surface area is 250 Å². The van der Waals surface area contributed by atoms with E-state index >= 15 is 0 Å². The first-order valence-electron chi connectivity index (χ1n) is 13.9. The lowest BCUT2D eigenvalue weighted by atomic mass is 10.2. The van der Waals surface area contributed by atoms with E-state index in [0.29, 0.717) is 22.3 Å². The molecule has 1 aromatic carbocycles. The highest BCUT2D eigenvalue weighted by molar-refractivity contribution is 7.99. The fraction of sp³-hybridized carbons (Fsp3) is 0.500. The van der Waals surface area contributed by atoms with Crippen LogP contribution in [0.5, 0.6) is 0 Å². The van der Waals surface area contributed by atoms with Gasteiger partial charge in [0.15, 0.2) is 5.65 Å². The molecule has 0 aliphatic heterocycles. The van der Waals surface area contributed by atoms with E-state index in [2.05, 4.69) is 10.3 Å². The summed E-state index contributed by atoms with van der Waals surface area (Å²) < 4.78 is 17.8. The summed E-state index contributed by atoms with van der Waals surface area (Å²) in [7, 11) is 1.26. The molecule has 11 nitrogen and oxygen atoms in total. The van der Waals surface area contributed by atoms with E-state index in [1.54, 1.807) is 42.4 Å². The molecule has 0 spiro atoms. The Balaban J connectivity index is 1.71. The molecule has 2 aromatic heterocycles. The lowest BCUT2D eigenvalue weighted by molar-refractivity contribution is -0.142.